The minimum absolute atomic E-state index is 0.265. The van der Waals surface area contributed by atoms with Crippen LogP contribution in [0.2, 0.25) is 0 Å². The number of aliphatic hydroxyl groups excluding tert-OH is 1. The van der Waals surface area contributed by atoms with Gasteiger partial charge in [0.2, 0.25) is 0 Å². The molecule has 140 valence electrons. The van der Waals surface area contributed by atoms with Gasteiger partial charge in [-0.3, -0.25) is 4.90 Å². The van der Waals surface area contributed by atoms with E-state index in [0.29, 0.717) is 26.2 Å². The summed E-state index contributed by atoms with van der Waals surface area (Å²) >= 11 is 0. The van der Waals surface area contributed by atoms with Gasteiger partial charge in [-0.25, -0.2) is 4.39 Å². The van der Waals surface area contributed by atoms with Crippen LogP contribution in [0.4, 0.5) is 23.2 Å². The molecule has 1 aliphatic heterocycles. The molecule has 0 aromatic heterocycles. The van der Waals surface area contributed by atoms with Crippen molar-refractivity contribution in [3.63, 3.8) is 0 Å². The van der Waals surface area contributed by atoms with E-state index in [0.717, 1.165) is 17.8 Å². The number of anilines is 1. The fourth-order valence-corrected chi connectivity index (χ4v) is 3.11. The average Bonchev–Trinajstić information content (AvgIpc) is 2.62. The highest BCUT2D eigenvalue weighted by atomic mass is 19.4. The molecule has 1 atom stereocenters. The highest BCUT2D eigenvalue weighted by Crippen LogP contribution is 2.31. The number of hydrogen-bond acceptors (Lipinski definition) is 3. The third-order valence-corrected chi connectivity index (χ3v) is 4.59. The number of benzene rings is 2. The summed E-state index contributed by atoms with van der Waals surface area (Å²) in [6, 6.07) is 11.1. The van der Waals surface area contributed by atoms with Crippen LogP contribution in [0.5, 0.6) is 0 Å². The molecule has 0 aliphatic carbocycles. The van der Waals surface area contributed by atoms with Crippen LogP contribution in [0.15, 0.2) is 48.5 Å². The Hall–Kier alpha value is -2.12. The first-order valence-electron chi connectivity index (χ1n) is 8.41. The van der Waals surface area contributed by atoms with Crippen LogP contribution in [0, 0.1) is 5.82 Å². The summed E-state index contributed by atoms with van der Waals surface area (Å²) < 4.78 is 51.4. The standard InChI is InChI=1S/C19H20F4N2O/c20-16-4-6-17(7-5-16)25-10-8-24(9-11-25)13-18(26)14-2-1-3-15(12-14)19(21,22)23/h1-7,12,18,26H,8-11,13H2. The SMILES string of the molecule is OC(CN1CCN(c2ccc(F)cc2)CC1)c1cccc(C(F)(F)F)c1. The number of rotatable bonds is 4. The Labute approximate surface area is 149 Å². The molecule has 2 aromatic rings. The maximum Gasteiger partial charge on any atom is 0.416 e. The van der Waals surface area contributed by atoms with Crippen molar-refractivity contribution in [3.05, 3.63) is 65.5 Å². The van der Waals surface area contributed by atoms with Crippen molar-refractivity contribution in [2.75, 3.05) is 37.6 Å². The van der Waals surface area contributed by atoms with Crippen LogP contribution in [0.1, 0.15) is 17.2 Å². The maximum atomic E-state index is 13.0. The van der Waals surface area contributed by atoms with Gasteiger partial charge in [-0.15, -0.1) is 0 Å². The fourth-order valence-electron chi connectivity index (χ4n) is 3.11. The van der Waals surface area contributed by atoms with E-state index < -0.39 is 17.8 Å². The average molecular weight is 368 g/mol. The van der Waals surface area contributed by atoms with Gasteiger partial charge < -0.3 is 10.0 Å². The van der Waals surface area contributed by atoms with Gasteiger partial charge in [-0.1, -0.05) is 12.1 Å². The lowest BCUT2D eigenvalue weighted by Gasteiger charge is -2.37. The monoisotopic (exact) mass is 368 g/mol. The van der Waals surface area contributed by atoms with Crippen molar-refractivity contribution in [2.24, 2.45) is 0 Å². The summed E-state index contributed by atoms with van der Waals surface area (Å²) in [6.45, 7) is 3.04. The third-order valence-electron chi connectivity index (χ3n) is 4.59. The first-order valence-corrected chi connectivity index (χ1v) is 8.41. The number of aliphatic hydroxyl groups is 1. The van der Waals surface area contributed by atoms with Gasteiger partial charge in [-0.2, -0.15) is 13.2 Å². The van der Waals surface area contributed by atoms with E-state index in [4.69, 9.17) is 0 Å². The van der Waals surface area contributed by atoms with Gasteiger partial charge in [0.25, 0.3) is 0 Å². The van der Waals surface area contributed by atoms with Crippen molar-refractivity contribution >= 4 is 5.69 Å². The zero-order valence-electron chi connectivity index (χ0n) is 14.1. The van der Waals surface area contributed by atoms with Crippen LogP contribution in [0.25, 0.3) is 0 Å². The molecule has 1 aliphatic rings. The number of piperazine rings is 1. The van der Waals surface area contributed by atoms with E-state index in [1.807, 2.05) is 4.90 Å². The smallest absolute Gasteiger partial charge is 0.387 e. The second kappa shape index (κ2) is 7.63. The number of halogens is 4. The molecule has 0 saturated carbocycles. The second-order valence-corrected chi connectivity index (χ2v) is 6.40. The zero-order chi connectivity index (χ0) is 18.7. The molecule has 0 amide bonds. The lowest BCUT2D eigenvalue weighted by atomic mass is 10.0. The molecule has 0 radical (unpaired) electrons. The molecule has 1 saturated heterocycles. The summed E-state index contributed by atoms with van der Waals surface area (Å²) in [5, 5.41) is 10.3. The highest BCUT2D eigenvalue weighted by molar-refractivity contribution is 5.46. The molecular formula is C19H20F4N2O. The van der Waals surface area contributed by atoms with Crippen molar-refractivity contribution < 1.29 is 22.7 Å². The quantitative estimate of drug-likeness (QED) is 0.834. The van der Waals surface area contributed by atoms with Crippen LogP contribution in [0.3, 0.4) is 0 Å². The Morgan fingerprint density at radius 2 is 1.62 bits per heavy atom. The topological polar surface area (TPSA) is 26.7 Å². The van der Waals surface area contributed by atoms with Gasteiger partial charge in [0.05, 0.1) is 11.7 Å². The molecule has 26 heavy (non-hydrogen) atoms. The normalized spacial score (nSPS) is 17.3. The van der Waals surface area contributed by atoms with E-state index in [1.165, 1.54) is 24.3 Å². The number of alkyl halides is 3. The van der Waals surface area contributed by atoms with Gasteiger partial charge >= 0.3 is 6.18 Å². The van der Waals surface area contributed by atoms with Crippen molar-refractivity contribution in [3.8, 4) is 0 Å². The molecule has 2 aromatic carbocycles. The Morgan fingerprint density at radius 1 is 0.962 bits per heavy atom. The number of hydrogen-bond donors (Lipinski definition) is 1. The predicted molar refractivity (Wildman–Crippen MR) is 91.5 cm³/mol. The molecule has 0 spiro atoms. The van der Waals surface area contributed by atoms with Crippen LogP contribution < -0.4 is 4.90 Å². The third kappa shape index (κ3) is 4.53. The van der Waals surface area contributed by atoms with Gasteiger partial charge in [0.15, 0.2) is 0 Å². The van der Waals surface area contributed by atoms with Crippen LogP contribution in [-0.2, 0) is 6.18 Å². The molecular weight excluding hydrogens is 348 g/mol. The lowest BCUT2D eigenvalue weighted by molar-refractivity contribution is -0.137. The Bertz CT molecular complexity index is 725. The minimum atomic E-state index is -4.42. The summed E-state index contributed by atoms with van der Waals surface area (Å²) in [5.41, 5.74) is 0.445. The molecule has 3 rings (SSSR count). The van der Waals surface area contributed by atoms with Crippen LogP contribution in [-0.4, -0.2) is 42.7 Å². The Balaban J connectivity index is 1.56. The summed E-state index contributed by atoms with van der Waals surface area (Å²) in [6.07, 6.45) is -5.40. The van der Waals surface area contributed by atoms with E-state index in [1.54, 1.807) is 12.1 Å². The number of β-amino-alcohol motifs (C(OH)–C–C–N with tert-alkyl or cyclic N) is 1. The van der Waals surface area contributed by atoms with Crippen LogP contribution >= 0.6 is 0 Å². The van der Waals surface area contributed by atoms with Gasteiger partial charge in [-0.05, 0) is 42.0 Å². The first kappa shape index (κ1) is 18.7. The Morgan fingerprint density at radius 3 is 2.23 bits per heavy atom. The molecule has 1 N–H and O–H groups in total. The minimum Gasteiger partial charge on any atom is -0.387 e. The van der Waals surface area contributed by atoms with E-state index >= 15 is 0 Å². The molecule has 1 unspecified atom stereocenters. The molecule has 7 heteroatoms. The second-order valence-electron chi connectivity index (χ2n) is 6.40. The lowest BCUT2D eigenvalue weighted by Crippen LogP contribution is -2.47. The van der Waals surface area contributed by atoms with E-state index in [9.17, 15) is 22.7 Å². The predicted octanol–water partition coefficient (Wildman–Crippen LogP) is 3.70. The summed E-state index contributed by atoms with van der Waals surface area (Å²) in [4.78, 5) is 4.14. The fraction of sp³-hybridized carbons (Fsp3) is 0.368. The highest BCUT2D eigenvalue weighted by Gasteiger charge is 2.31. The number of nitrogens with zero attached hydrogens (tertiary/aromatic N) is 2. The largest absolute Gasteiger partial charge is 0.416 e. The summed E-state index contributed by atoms with van der Waals surface area (Å²) in [7, 11) is 0. The maximum absolute atomic E-state index is 13.0. The van der Waals surface area contributed by atoms with Crippen molar-refractivity contribution in [1.29, 1.82) is 0 Å². The molecule has 3 nitrogen and oxygen atoms in total. The summed E-state index contributed by atoms with van der Waals surface area (Å²) in [5.74, 6) is -0.281. The van der Waals surface area contributed by atoms with Crippen molar-refractivity contribution in [2.45, 2.75) is 12.3 Å². The zero-order valence-corrected chi connectivity index (χ0v) is 14.1. The molecule has 1 heterocycles. The van der Waals surface area contributed by atoms with Gasteiger partial charge in [0.1, 0.15) is 5.82 Å². The first-order chi connectivity index (χ1) is 12.3. The van der Waals surface area contributed by atoms with E-state index in [-0.39, 0.29) is 17.9 Å². The molecule has 1 fully saturated rings. The Kier molecular flexibility index (Phi) is 5.48. The van der Waals surface area contributed by atoms with E-state index in [2.05, 4.69) is 4.90 Å². The van der Waals surface area contributed by atoms with Crippen molar-refractivity contribution in [1.82, 2.24) is 4.90 Å². The van der Waals surface area contributed by atoms with Gasteiger partial charge in [0, 0.05) is 38.4 Å². The molecule has 0 bridgehead atoms.